The molecule has 29 heavy (non-hydrogen) atoms. The van der Waals surface area contributed by atoms with E-state index in [0.29, 0.717) is 10.8 Å². The number of nitrogens with one attached hydrogen (secondary N) is 1. The molecule has 0 aliphatic rings. The van der Waals surface area contributed by atoms with Crippen LogP contribution in [0.15, 0.2) is 82.6 Å². The lowest BCUT2D eigenvalue weighted by molar-refractivity contribution is -0.384. The first-order chi connectivity index (χ1) is 14.0. The van der Waals surface area contributed by atoms with E-state index in [1.807, 2.05) is 48.5 Å². The van der Waals surface area contributed by atoms with Crippen LogP contribution in [0.5, 0.6) is 0 Å². The number of anilines is 1. The zero-order valence-corrected chi connectivity index (χ0v) is 17.6. The Morgan fingerprint density at radius 3 is 2.28 bits per heavy atom. The summed E-state index contributed by atoms with van der Waals surface area (Å²) in [5, 5.41) is 14.3. The van der Waals surface area contributed by atoms with Crippen molar-refractivity contribution in [3.8, 4) is 0 Å². The van der Waals surface area contributed by atoms with Gasteiger partial charge in [-0.25, -0.2) is 0 Å². The second kappa shape index (κ2) is 10.3. The molecule has 0 atom stereocenters. The van der Waals surface area contributed by atoms with Gasteiger partial charge >= 0.3 is 0 Å². The highest BCUT2D eigenvalue weighted by Gasteiger charge is 2.06. The molecular weight excluding hydrogens is 428 g/mol. The quantitative estimate of drug-likeness (QED) is 0.327. The average Bonchev–Trinajstić information content (AvgIpc) is 2.70. The Hall–Kier alpha value is -2.48. The second-order valence-electron chi connectivity index (χ2n) is 6.05. The fourth-order valence-corrected chi connectivity index (χ4v) is 4.27. The predicted molar refractivity (Wildman–Crippen MR) is 120 cm³/mol. The molecular formula is C21H17ClN2O3S2. The topological polar surface area (TPSA) is 72.2 Å². The van der Waals surface area contributed by atoms with Gasteiger partial charge in [-0.05, 0) is 54.1 Å². The molecule has 0 aromatic heterocycles. The van der Waals surface area contributed by atoms with Gasteiger partial charge in [-0.15, -0.1) is 11.8 Å². The van der Waals surface area contributed by atoms with E-state index < -0.39 is 4.92 Å². The lowest BCUT2D eigenvalue weighted by Crippen LogP contribution is -2.14. The third-order valence-electron chi connectivity index (χ3n) is 3.81. The van der Waals surface area contributed by atoms with E-state index in [1.54, 1.807) is 12.1 Å². The largest absolute Gasteiger partial charge is 0.325 e. The van der Waals surface area contributed by atoms with Crippen LogP contribution in [0.1, 0.15) is 5.56 Å². The number of nitro groups is 1. The Morgan fingerprint density at radius 2 is 1.66 bits per heavy atom. The molecule has 0 saturated carbocycles. The zero-order chi connectivity index (χ0) is 20.6. The minimum absolute atomic E-state index is 0.0622. The zero-order valence-electron chi connectivity index (χ0n) is 15.2. The third-order valence-corrected chi connectivity index (χ3v) is 6.07. The third kappa shape index (κ3) is 6.81. The summed E-state index contributed by atoms with van der Waals surface area (Å²) in [6.45, 7) is 0. The molecule has 1 amide bonds. The fraction of sp³-hybridized carbons (Fsp3) is 0.0952. The Labute approximate surface area is 182 Å². The van der Waals surface area contributed by atoms with Crippen LogP contribution in [0.3, 0.4) is 0 Å². The fourth-order valence-electron chi connectivity index (χ4n) is 2.46. The number of nitrogens with zero attached hydrogens (tertiary/aromatic N) is 1. The number of thioether (sulfide) groups is 1. The van der Waals surface area contributed by atoms with Crippen LogP contribution < -0.4 is 5.32 Å². The number of hydrogen-bond donors (Lipinski definition) is 1. The van der Waals surface area contributed by atoms with Gasteiger partial charge in [0.2, 0.25) is 5.91 Å². The summed E-state index contributed by atoms with van der Waals surface area (Å²) in [4.78, 5) is 24.3. The highest BCUT2D eigenvalue weighted by Crippen LogP contribution is 2.29. The molecule has 0 spiro atoms. The van der Waals surface area contributed by atoms with Crippen LogP contribution in [0, 0.1) is 10.1 Å². The van der Waals surface area contributed by atoms with Crippen molar-refractivity contribution in [2.75, 3.05) is 11.1 Å². The summed E-state index contributed by atoms with van der Waals surface area (Å²) in [5.74, 6) is 1.01. The first kappa shape index (κ1) is 21.2. The van der Waals surface area contributed by atoms with E-state index in [9.17, 15) is 14.9 Å². The monoisotopic (exact) mass is 444 g/mol. The minimum Gasteiger partial charge on any atom is -0.325 e. The minimum atomic E-state index is -0.417. The second-order valence-corrected chi connectivity index (χ2v) is 8.62. The summed E-state index contributed by atoms with van der Waals surface area (Å²) in [5.41, 5.74) is 1.88. The van der Waals surface area contributed by atoms with E-state index >= 15 is 0 Å². The molecule has 0 aliphatic carbocycles. The summed E-state index contributed by atoms with van der Waals surface area (Å²) < 4.78 is 0. The van der Waals surface area contributed by atoms with E-state index in [0.717, 1.165) is 26.8 Å². The number of nitro benzene ring substituents is 1. The van der Waals surface area contributed by atoms with E-state index in [2.05, 4.69) is 5.32 Å². The maximum Gasteiger partial charge on any atom is 0.269 e. The molecule has 148 valence electrons. The predicted octanol–water partition coefficient (Wildman–Crippen LogP) is 6.27. The van der Waals surface area contributed by atoms with E-state index in [1.165, 1.54) is 35.7 Å². The van der Waals surface area contributed by atoms with Gasteiger partial charge in [-0.2, -0.15) is 0 Å². The number of carbonyl (C=O) groups is 1. The molecule has 0 unspecified atom stereocenters. The molecule has 0 fully saturated rings. The lowest BCUT2D eigenvalue weighted by Gasteiger charge is -2.07. The van der Waals surface area contributed by atoms with Gasteiger partial charge in [0.15, 0.2) is 0 Å². The molecule has 1 N–H and O–H groups in total. The number of carbonyl (C=O) groups excluding carboxylic acids is 1. The molecule has 3 aromatic rings. The molecule has 0 radical (unpaired) electrons. The van der Waals surface area contributed by atoms with Gasteiger partial charge in [-0.3, -0.25) is 14.9 Å². The van der Waals surface area contributed by atoms with Crippen LogP contribution in [0.2, 0.25) is 5.02 Å². The number of hydrogen-bond acceptors (Lipinski definition) is 5. The van der Waals surface area contributed by atoms with Crippen LogP contribution in [0.25, 0.3) is 0 Å². The number of rotatable bonds is 8. The van der Waals surface area contributed by atoms with Crippen molar-refractivity contribution in [2.45, 2.75) is 15.5 Å². The van der Waals surface area contributed by atoms with Crippen molar-refractivity contribution >= 4 is 52.4 Å². The molecule has 5 nitrogen and oxygen atoms in total. The van der Waals surface area contributed by atoms with Crippen molar-refractivity contribution in [1.82, 2.24) is 0 Å². The smallest absolute Gasteiger partial charge is 0.269 e. The molecule has 3 rings (SSSR count). The van der Waals surface area contributed by atoms with Crippen molar-refractivity contribution in [3.63, 3.8) is 0 Å². The molecule has 3 aromatic carbocycles. The molecule has 8 heteroatoms. The summed E-state index contributed by atoms with van der Waals surface area (Å²) in [6, 6.07) is 21.5. The SMILES string of the molecule is O=C(CSCc1cccc(Cl)c1)Nc1ccc(Sc2ccc([N+](=O)[O-])cc2)cc1. The van der Waals surface area contributed by atoms with Gasteiger partial charge in [0.25, 0.3) is 5.69 Å². The highest BCUT2D eigenvalue weighted by molar-refractivity contribution is 7.99. The molecule has 0 bridgehead atoms. The molecule has 0 saturated heterocycles. The molecule has 0 heterocycles. The summed E-state index contributed by atoms with van der Waals surface area (Å²) >= 11 is 8.99. The Bertz CT molecular complexity index is 996. The van der Waals surface area contributed by atoms with Gasteiger partial charge < -0.3 is 5.32 Å². The summed E-state index contributed by atoms with van der Waals surface area (Å²) in [7, 11) is 0. The van der Waals surface area contributed by atoms with Gasteiger partial charge in [0.05, 0.1) is 10.7 Å². The number of non-ortho nitro benzene ring substituents is 1. The summed E-state index contributed by atoms with van der Waals surface area (Å²) in [6.07, 6.45) is 0. The average molecular weight is 445 g/mol. The normalized spacial score (nSPS) is 10.5. The van der Waals surface area contributed by atoms with Crippen LogP contribution in [-0.2, 0) is 10.5 Å². The number of halogens is 1. The van der Waals surface area contributed by atoms with Gasteiger partial charge in [0.1, 0.15) is 0 Å². The Balaban J connectivity index is 1.46. The maximum atomic E-state index is 12.1. The van der Waals surface area contributed by atoms with Crippen molar-refractivity contribution < 1.29 is 9.72 Å². The Morgan fingerprint density at radius 1 is 1.00 bits per heavy atom. The van der Waals surface area contributed by atoms with Crippen LogP contribution in [0.4, 0.5) is 11.4 Å². The van der Waals surface area contributed by atoms with Gasteiger partial charge in [0, 0.05) is 38.4 Å². The van der Waals surface area contributed by atoms with Gasteiger partial charge in [-0.1, -0.05) is 35.5 Å². The Kier molecular flexibility index (Phi) is 7.57. The van der Waals surface area contributed by atoms with Crippen LogP contribution >= 0.6 is 35.1 Å². The standard InChI is InChI=1S/C21H17ClN2O3S2/c22-16-3-1-2-15(12-16)13-28-14-21(25)23-17-4-8-19(9-5-17)29-20-10-6-18(7-11-20)24(26)27/h1-12H,13-14H2,(H,23,25). The van der Waals surface area contributed by atoms with Crippen molar-refractivity contribution in [1.29, 1.82) is 0 Å². The lowest BCUT2D eigenvalue weighted by atomic mass is 10.2. The first-order valence-electron chi connectivity index (χ1n) is 8.64. The number of amides is 1. The van der Waals surface area contributed by atoms with E-state index in [-0.39, 0.29) is 11.6 Å². The van der Waals surface area contributed by atoms with Crippen LogP contribution in [-0.4, -0.2) is 16.6 Å². The highest BCUT2D eigenvalue weighted by atomic mass is 35.5. The number of benzene rings is 3. The van der Waals surface area contributed by atoms with Crippen molar-refractivity contribution in [3.05, 3.63) is 93.5 Å². The van der Waals surface area contributed by atoms with E-state index in [4.69, 9.17) is 11.6 Å². The molecule has 0 aliphatic heterocycles. The van der Waals surface area contributed by atoms with Crippen molar-refractivity contribution in [2.24, 2.45) is 0 Å². The maximum absolute atomic E-state index is 12.1. The first-order valence-corrected chi connectivity index (χ1v) is 11.0.